The average molecular weight is 571 g/mol. The number of aliphatic carboxylic acids is 1. The van der Waals surface area contributed by atoms with Gasteiger partial charge in [0.25, 0.3) is 5.91 Å². The van der Waals surface area contributed by atoms with Crippen LogP contribution in [0.5, 0.6) is 0 Å². The Morgan fingerprint density at radius 3 is 2.08 bits per heavy atom. The number of ether oxygens (including phenoxy) is 2. The van der Waals surface area contributed by atoms with Gasteiger partial charge in [0.2, 0.25) is 0 Å². The van der Waals surface area contributed by atoms with Crippen LogP contribution in [0.4, 0.5) is 0 Å². The molecule has 3 aromatic rings. The summed E-state index contributed by atoms with van der Waals surface area (Å²) in [4.78, 5) is 44.5. The van der Waals surface area contributed by atoms with Crippen LogP contribution in [0.15, 0.2) is 73.1 Å². The average Bonchev–Trinajstić information content (AvgIpc) is 2.92. The molecule has 4 rings (SSSR count). The monoisotopic (exact) mass is 570 g/mol. The fourth-order valence-corrected chi connectivity index (χ4v) is 5.12. The van der Waals surface area contributed by atoms with Crippen molar-refractivity contribution in [2.45, 2.75) is 57.1 Å². The summed E-state index contributed by atoms with van der Waals surface area (Å²) in [5, 5.41) is 11.3. The van der Waals surface area contributed by atoms with Crippen molar-refractivity contribution in [3.05, 3.63) is 99.8 Å². The largest absolute Gasteiger partial charge is 0.480 e. The topological polar surface area (TPSA) is 106 Å². The molecule has 1 fully saturated rings. The Morgan fingerprint density at radius 1 is 1.00 bits per heavy atom. The summed E-state index contributed by atoms with van der Waals surface area (Å²) >= 11 is 12.3. The summed E-state index contributed by atoms with van der Waals surface area (Å²) in [6.07, 6.45) is 0.450. The van der Waals surface area contributed by atoms with Crippen LogP contribution in [-0.4, -0.2) is 45.0 Å². The van der Waals surface area contributed by atoms with E-state index < -0.39 is 48.2 Å². The van der Waals surface area contributed by atoms with Crippen molar-refractivity contribution in [1.29, 1.82) is 0 Å². The Kier molecular flexibility index (Phi) is 9.22. The van der Waals surface area contributed by atoms with Gasteiger partial charge in [-0.2, -0.15) is 0 Å². The molecule has 2 heterocycles. The first-order valence-corrected chi connectivity index (χ1v) is 13.2. The molecular formula is C29H28Cl2N2O6. The van der Waals surface area contributed by atoms with Gasteiger partial charge >= 0.3 is 11.9 Å². The van der Waals surface area contributed by atoms with Crippen molar-refractivity contribution in [2.24, 2.45) is 0 Å². The number of halogens is 2. The Labute approximate surface area is 236 Å². The molecule has 204 valence electrons. The highest BCUT2D eigenvalue weighted by Crippen LogP contribution is 2.46. The molecule has 8 nitrogen and oxygen atoms in total. The number of carbonyl (C=O) groups excluding carboxylic acids is 2. The number of benzene rings is 2. The van der Waals surface area contributed by atoms with E-state index in [2.05, 4.69) is 4.98 Å². The third kappa shape index (κ3) is 6.41. The molecule has 0 saturated carbocycles. The maximum atomic E-state index is 14.3. The Morgan fingerprint density at radius 2 is 1.56 bits per heavy atom. The van der Waals surface area contributed by atoms with Crippen LogP contribution in [-0.2, 0) is 23.9 Å². The first kappa shape index (κ1) is 28.5. The van der Waals surface area contributed by atoms with E-state index in [1.54, 1.807) is 60.7 Å². The zero-order chi connectivity index (χ0) is 28.1. The van der Waals surface area contributed by atoms with Gasteiger partial charge < -0.3 is 19.5 Å². The molecule has 1 saturated heterocycles. The van der Waals surface area contributed by atoms with Gasteiger partial charge in [-0.3, -0.25) is 14.6 Å². The van der Waals surface area contributed by atoms with Gasteiger partial charge in [-0.05, 0) is 59.5 Å². The maximum absolute atomic E-state index is 14.3. The predicted molar refractivity (Wildman–Crippen MR) is 145 cm³/mol. The highest BCUT2D eigenvalue weighted by molar-refractivity contribution is 6.30. The number of carboxylic acids is 1. The number of carboxylic acid groups (broad SMARTS) is 1. The molecular weight excluding hydrogens is 543 g/mol. The van der Waals surface area contributed by atoms with Gasteiger partial charge in [-0.1, -0.05) is 60.8 Å². The minimum absolute atomic E-state index is 0.207. The van der Waals surface area contributed by atoms with Gasteiger partial charge in [0, 0.05) is 29.4 Å². The zero-order valence-electron chi connectivity index (χ0n) is 21.4. The first-order chi connectivity index (χ1) is 18.7. The summed E-state index contributed by atoms with van der Waals surface area (Å²) in [6, 6.07) is 15.0. The van der Waals surface area contributed by atoms with Gasteiger partial charge in [-0.25, -0.2) is 4.79 Å². The van der Waals surface area contributed by atoms with Crippen molar-refractivity contribution in [3.8, 4) is 0 Å². The third-order valence-electron chi connectivity index (χ3n) is 6.57. The van der Waals surface area contributed by atoms with Gasteiger partial charge in [-0.15, -0.1) is 0 Å². The van der Waals surface area contributed by atoms with E-state index in [0.29, 0.717) is 33.2 Å². The minimum atomic E-state index is -1.33. The second-order valence-corrected chi connectivity index (χ2v) is 10.1. The Bertz CT molecular complexity index is 1300. The second-order valence-electron chi connectivity index (χ2n) is 9.22. The lowest BCUT2D eigenvalue weighted by Gasteiger charge is -2.48. The summed E-state index contributed by atoms with van der Waals surface area (Å²) < 4.78 is 12.1. The number of amides is 1. The number of hydrogen-bond donors (Lipinski definition) is 1. The van der Waals surface area contributed by atoms with Crippen molar-refractivity contribution < 1.29 is 29.0 Å². The van der Waals surface area contributed by atoms with Crippen LogP contribution in [0.3, 0.4) is 0 Å². The van der Waals surface area contributed by atoms with Crippen molar-refractivity contribution >= 4 is 41.0 Å². The standard InChI is InChI=1S/C29H28Cl2N2O6/c1-3-4-23(29(36)37)33-24(18-5-9-21(30)10-6-18)25(19-7-11-22(31)12-8-19)39-27(28(33)35)26(38-17(2)34)20-13-15-32-16-14-20/h5-16,23-27H,3-4H2,1-2H3,(H,36,37)/t23?,24-,25+,26?,27+/m0/s1. The second kappa shape index (κ2) is 12.6. The van der Waals surface area contributed by atoms with Crippen LogP contribution in [0.1, 0.15) is 61.6 Å². The summed E-state index contributed by atoms with van der Waals surface area (Å²) in [6.45, 7) is 3.09. The van der Waals surface area contributed by atoms with E-state index in [1.165, 1.54) is 24.2 Å². The SMILES string of the molecule is CCCC(C(=O)O)N1C(=O)[C@@H](C(OC(C)=O)c2ccncc2)O[C@H](c2ccc(Cl)cc2)[C@@H]1c1ccc(Cl)cc1. The number of hydrogen-bond acceptors (Lipinski definition) is 6. The van der Waals surface area contributed by atoms with Gasteiger partial charge in [0.05, 0.1) is 6.04 Å². The van der Waals surface area contributed by atoms with E-state index in [1.807, 2.05) is 6.92 Å². The van der Waals surface area contributed by atoms with E-state index in [-0.39, 0.29) is 6.42 Å². The third-order valence-corrected chi connectivity index (χ3v) is 7.08. The minimum Gasteiger partial charge on any atom is -0.480 e. The molecule has 0 bridgehead atoms. The predicted octanol–water partition coefficient (Wildman–Crippen LogP) is 5.96. The lowest BCUT2D eigenvalue weighted by atomic mass is 9.88. The van der Waals surface area contributed by atoms with E-state index in [4.69, 9.17) is 32.7 Å². The summed E-state index contributed by atoms with van der Waals surface area (Å²) in [5.74, 6) is -2.37. The number of nitrogens with zero attached hydrogens (tertiary/aromatic N) is 2. The van der Waals surface area contributed by atoms with Gasteiger partial charge in [0.15, 0.2) is 12.2 Å². The molecule has 1 aromatic heterocycles. The van der Waals surface area contributed by atoms with Crippen LogP contribution in [0.2, 0.25) is 10.0 Å². The molecule has 1 amide bonds. The molecule has 1 aliphatic rings. The molecule has 1 N–H and O–H groups in total. The summed E-state index contributed by atoms with van der Waals surface area (Å²) in [5.41, 5.74) is 1.79. The van der Waals surface area contributed by atoms with Crippen LogP contribution >= 0.6 is 23.2 Å². The lowest BCUT2D eigenvalue weighted by molar-refractivity contribution is -0.202. The fourth-order valence-electron chi connectivity index (χ4n) is 4.87. The van der Waals surface area contributed by atoms with Crippen LogP contribution in [0.25, 0.3) is 0 Å². The zero-order valence-corrected chi connectivity index (χ0v) is 22.9. The van der Waals surface area contributed by atoms with E-state index in [0.717, 1.165) is 0 Å². The fraction of sp³-hybridized carbons (Fsp3) is 0.310. The van der Waals surface area contributed by atoms with Crippen LogP contribution < -0.4 is 0 Å². The number of pyridine rings is 1. The summed E-state index contributed by atoms with van der Waals surface area (Å²) in [7, 11) is 0. The number of aromatic nitrogens is 1. The van der Waals surface area contributed by atoms with Crippen LogP contribution in [0, 0.1) is 0 Å². The highest BCUT2D eigenvalue weighted by atomic mass is 35.5. The molecule has 10 heteroatoms. The molecule has 0 radical (unpaired) electrons. The van der Waals surface area contributed by atoms with E-state index in [9.17, 15) is 19.5 Å². The molecule has 2 unspecified atom stereocenters. The number of rotatable bonds is 9. The normalized spacial score (nSPS) is 20.8. The Hall–Kier alpha value is -3.46. The molecule has 0 spiro atoms. The molecule has 0 aliphatic carbocycles. The smallest absolute Gasteiger partial charge is 0.326 e. The number of carbonyl (C=O) groups is 3. The van der Waals surface area contributed by atoms with Gasteiger partial charge in [0.1, 0.15) is 12.1 Å². The molecule has 5 atom stereocenters. The quantitative estimate of drug-likeness (QED) is 0.316. The maximum Gasteiger partial charge on any atom is 0.326 e. The van der Waals surface area contributed by atoms with Crippen molar-refractivity contribution in [3.63, 3.8) is 0 Å². The van der Waals surface area contributed by atoms with Crippen molar-refractivity contribution in [1.82, 2.24) is 9.88 Å². The lowest BCUT2D eigenvalue weighted by Crippen LogP contribution is -2.58. The van der Waals surface area contributed by atoms with E-state index >= 15 is 0 Å². The highest BCUT2D eigenvalue weighted by Gasteiger charge is 2.51. The molecule has 39 heavy (non-hydrogen) atoms. The van der Waals surface area contributed by atoms with Crippen molar-refractivity contribution in [2.75, 3.05) is 0 Å². The first-order valence-electron chi connectivity index (χ1n) is 12.5. The molecule has 1 aliphatic heterocycles. The number of esters is 1. The Balaban J connectivity index is 1.93. The molecule has 2 aromatic carbocycles. The number of morpholine rings is 1.